The minimum Gasteiger partial charge on any atom is -0.457 e. The summed E-state index contributed by atoms with van der Waals surface area (Å²) in [5.41, 5.74) is 6.79. The van der Waals surface area contributed by atoms with E-state index in [0.717, 1.165) is 42.3 Å². The van der Waals surface area contributed by atoms with Gasteiger partial charge < -0.3 is 25.1 Å². The molecule has 0 fully saturated rings. The van der Waals surface area contributed by atoms with Gasteiger partial charge >= 0.3 is 6.36 Å². The van der Waals surface area contributed by atoms with Gasteiger partial charge in [-0.25, -0.2) is 4.98 Å². The minimum absolute atomic E-state index is 0.0500. The van der Waals surface area contributed by atoms with Crippen LogP contribution in [0.25, 0.3) is 11.0 Å². The highest BCUT2D eigenvalue weighted by Crippen LogP contribution is 2.25. The molecule has 0 saturated heterocycles. The number of allylic oxidation sites excluding steroid dienone is 4. The summed E-state index contributed by atoms with van der Waals surface area (Å²) >= 11 is 0. The van der Waals surface area contributed by atoms with E-state index >= 15 is 0 Å². The van der Waals surface area contributed by atoms with E-state index in [4.69, 9.17) is 10.5 Å². The van der Waals surface area contributed by atoms with Crippen molar-refractivity contribution in [3.05, 3.63) is 60.3 Å². The van der Waals surface area contributed by atoms with E-state index in [1.54, 1.807) is 31.2 Å². The Hall–Kier alpha value is -3.27. The Morgan fingerprint density at radius 2 is 2.12 bits per heavy atom. The number of ether oxygens (including phenoxy) is 2. The molecule has 0 unspecified atom stereocenters. The van der Waals surface area contributed by atoms with Crippen LogP contribution in [0.3, 0.4) is 0 Å². The molecule has 32 heavy (non-hydrogen) atoms. The van der Waals surface area contributed by atoms with Crippen LogP contribution in [0, 0.1) is 0 Å². The van der Waals surface area contributed by atoms with Gasteiger partial charge in [0.25, 0.3) is 0 Å². The van der Waals surface area contributed by atoms with Crippen molar-refractivity contribution >= 4 is 16.9 Å². The van der Waals surface area contributed by atoms with Gasteiger partial charge in [-0.1, -0.05) is 19.4 Å². The molecule has 7 nitrogen and oxygen atoms in total. The Morgan fingerprint density at radius 3 is 2.78 bits per heavy atom. The van der Waals surface area contributed by atoms with Crippen LogP contribution >= 0.6 is 0 Å². The van der Waals surface area contributed by atoms with E-state index < -0.39 is 12.3 Å². The first-order chi connectivity index (χ1) is 15.2. The summed E-state index contributed by atoms with van der Waals surface area (Å²) in [5.74, 6) is 1.15. The van der Waals surface area contributed by atoms with Crippen molar-refractivity contribution in [3.63, 3.8) is 0 Å². The highest BCUT2D eigenvalue weighted by Gasteiger charge is 2.28. The second-order valence-corrected chi connectivity index (χ2v) is 6.82. The van der Waals surface area contributed by atoms with Crippen molar-refractivity contribution in [2.24, 2.45) is 5.73 Å². The van der Waals surface area contributed by atoms with Crippen molar-refractivity contribution < 1.29 is 27.4 Å². The monoisotopic (exact) mass is 452 g/mol. The molecule has 0 aliphatic rings. The molecule has 174 valence electrons. The molecule has 1 heterocycles. The van der Waals surface area contributed by atoms with Gasteiger partial charge in [0, 0.05) is 12.6 Å². The van der Waals surface area contributed by atoms with Crippen LogP contribution < -0.4 is 15.8 Å². The summed E-state index contributed by atoms with van der Waals surface area (Å²) in [4.78, 5) is 15.6. The van der Waals surface area contributed by atoms with Crippen LogP contribution in [0.2, 0.25) is 0 Å². The predicted molar refractivity (Wildman–Crippen MR) is 115 cm³/mol. The lowest BCUT2D eigenvalue weighted by atomic mass is 10.2. The number of alkyl halides is 3. The van der Waals surface area contributed by atoms with E-state index in [0.29, 0.717) is 24.3 Å². The number of imidazole rings is 1. The number of halogens is 3. The minimum atomic E-state index is -4.74. The third-order valence-electron chi connectivity index (χ3n) is 4.22. The number of fused-ring (bicyclic) bond motifs is 1. The molecule has 0 aliphatic carbocycles. The first kappa shape index (κ1) is 25.0. The van der Waals surface area contributed by atoms with Crippen molar-refractivity contribution in [2.45, 2.75) is 46.1 Å². The summed E-state index contributed by atoms with van der Waals surface area (Å²) in [5, 5.41) is 2.97. The third kappa shape index (κ3) is 8.10. The molecular weight excluding hydrogens is 425 g/mol. The largest absolute Gasteiger partial charge is 0.572 e. The molecule has 0 radical (unpaired) electrons. The fourth-order valence-electron chi connectivity index (χ4n) is 2.89. The van der Waals surface area contributed by atoms with Gasteiger partial charge in [-0.05, 0) is 43.7 Å². The molecule has 2 rings (SSSR count). The van der Waals surface area contributed by atoms with Crippen LogP contribution in [-0.4, -0.2) is 28.4 Å². The molecule has 0 spiro atoms. The predicted octanol–water partition coefficient (Wildman–Crippen LogP) is 4.30. The number of nitrogens with one attached hydrogen (secondary N) is 1. The maximum atomic E-state index is 12.1. The molecule has 1 amide bonds. The van der Waals surface area contributed by atoms with Crippen LogP contribution in [-0.2, 0) is 22.6 Å². The fraction of sp³-hybridized carbons (Fsp3) is 0.364. The Balaban J connectivity index is 2.28. The van der Waals surface area contributed by atoms with E-state index in [1.807, 2.05) is 6.07 Å². The van der Waals surface area contributed by atoms with E-state index in [2.05, 4.69) is 26.5 Å². The number of carbonyl (C=O) groups excluding carboxylic acids is 1. The zero-order valence-electron chi connectivity index (χ0n) is 18.0. The van der Waals surface area contributed by atoms with Crippen molar-refractivity contribution in [2.75, 3.05) is 6.54 Å². The number of hydrogen-bond donors (Lipinski definition) is 2. The third-order valence-corrected chi connectivity index (χ3v) is 4.22. The molecule has 0 saturated carbocycles. The van der Waals surface area contributed by atoms with Crippen LogP contribution in [0.1, 0.15) is 32.5 Å². The number of aryl methyl sites for hydroxylation is 1. The van der Waals surface area contributed by atoms with Gasteiger partial charge in [0.15, 0.2) is 0 Å². The standard InChI is InChI=1S/C22H27F3N4O3/c1-3-5-11-29-19-13-17(9-10-18(19)28-21(29)15-27-14-20(26)30)32-16(7-4-2)8-6-12-31-22(23,24)25/h4,6-10,12-13,27H,3,5,11,14-15H2,1-2H3,(H2,26,30)/b7-4-,12-6+,16-8+. The second-order valence-electron chi connectivity index (χ2n) is 6.82. The Morgan fingerprint density at radius 1 is 1.34 bits per heavy atom. The van der Waals surface area contributed by atoms with Gasteiger partial charge in [-0.15, -0.1) is 13.2 Å². The first-order valence-electron chi connectivity index (χ1n) is 10.1. The zero-order valence-corrected chi connectivity index (χ0v) is 18.0. The number of hydrogen-bond acceptors (Lipinski definition) is 5. The highest BCUT2D eigenvalue weighted by atomic mass is 19.4. The maximum Gasteiger partial charge on any atom is 0.572 e. The number of nitrogens with two attached hydrogens (primary N) is 1. The van der Waals surface area contributed by atoms with E-state index in [9.17, 15) is 18.0 Å². The van der Waals surface area contributed by atoms with Gasteiger partial charge in [0.2, 0.25) is 5.91 Å². The number of primary amides is 1. The Bertz CT molecular complexity index is 994. The summed E-state index contributed by atoms with van der Waals surface area (Å²) in [6, 6.07) is 5.36. The number of carbonyl (C=O) groups is 1. The highest BCUT2D eigenvalue weighted by molar-refractivity contribution is 5.78. The fourth-order valence-corrected chi connectivity index (χ4v) is 2.89. The molecule has 0 bridgehead atoms. The molecule has 0 atom stereocenters. The van der Waals surface area contributed by atoms with Gasteiger partial charge in [-0.2, -0.15) is 0 Å². The lowest BCUT2D eigenvalue weighted by molar-refractivity contribution is -0.298. The van der Waals surface area contributed by atoms with Gasteiger partial charge in [0.05, 0.1) is 30.4 Å². The summed E-state index contributed by atoms with van der Waals surface area (Å²) in [7, 11) is 0. The molecule has 0 aliphatic heterocycles. The van der Waals surface area contributed by atoms with E-state index in [-0.39, 0.29) is 6.54 Å². The smallest absolute Gasteiger partial charge is 0.457 e. The average molecular weight is 452 g/mol. The zero-order chi connectivity index (χ0) is 23.6. The number of aromatic nitrogens is 2. The number of unbranched alkanes of at least 4 members (excludes halogenated alkanes) is 1. The van der Waals surface area contributed by atoms with Crippen LogP contribution in [0.5, 0.6) is 5.75 Å². The maximum absolute atomic E-state index is 12.1. The van der Waals surface area contributed by atoms with E-state index in [1.165, 1.54) is 6.08 Å². The molecule has 1 aromatic heterocycles. The Kier molecular flexibility index (Phi) is 9.33. The summed E-state index contributed by atoms with van der Waals surface area (Å²) in [6.07, 6.45) is 3.53. The SMILES string of the molecule is C\C=C/C(=C\C=C\OC(F)(F)F)Oc1ccc2nc(CNCC(N)=O)n(CCCC)c2c1. The van der Waals surface area contributed by atoms with Crippen LogP contribution in [0.15, 0.2) is 54.5 Å². The average Bonchev–Trinajstić information content (AvgIpc) is 3.05. The van der Waals surface area contributed by atoms with Crippen molar-refractivity contribution in [3.8, 4) is 5.75 Å². The normalized spacial score (nSPS) is 12.8. The van der Waals surface area contributed by atoms with Crippen molar-refractivity contribution in [1.29, 1.82) is 0 Å². The number of nitrogens with zero attached hydrogens (tertiary/aromatic N) is 2. The molecule has 1 aromatic carbocycles. The lowest BCUT2D eigenvalue weighted by Crippen LogP contribution is -2.29. The summed E-state index contributed by atoms with van der Waals surface area (Å²) in [6.45, 7) is 5.02. The van der Waals surface area contributed by atoms with Gasteiger partial charge in [0.1, 0.15) is 17.3 Å². The van der Waals surface area contributed by atoms with Gasteiger partial charge in [-0.3, -0.25) is 4.79 Å². The number of amides is 1. The quantitative estimate of drug-likeness (QED) is 0.370. The first-order valence-corrected chi connectivity index (χ1v) is 10.1. The molecule has 3 N–H and O–H groups in total. The molecule has 10 heteroatoms. The topological polar surface area (TPSA) is 91.4 Å². The second kappa shape index (κ2) is 11.9. The van der Waals surface area contributed by atoms with Crippen molar-refractivity contribution in [1.82, 2.24) is 14.9 Å². The Labute approximate surface area is 184 Å². The molecular formula is C22H27F3N4O3. The lowest BCUT2D eigenvalue weighted by Gasteiger charge is -2.10. The number of rotatable bonds is 12. The molecule has 2 aromatic rings. The van der Waals surface area contributed by atoms with Crippen LogP contribution in [0.4, 0.5) is 13.2 Å². The number of benzene rings is 1. The summed E-state index contributed by atoms with van der Waals surface area (Å²) < 4.78 is 47.8.